The third-order valence-corrected chi connectivity index (χ3v) is 3.72. The van der Waals surface area contributed by atoms with Gasteiger partial charge in [0.1, 0.15) is 5.69 Å². The summed E-state index contributed by atoms with van der Waals surface area (Å²) in [5, 5.41) is 14.9. The molecule has 0 saturated heterocycles. The molecule has 116 valence electrons. The number of anilines is 2. The van der Waals surface area contributed by atoms with Gasteiger partial charge in [0.15, 0.2) is 0 Å². The topological polar surface area (TPSA) is 107 Å². The van der Waals surface area contributed by atoms with Crippen molar-refractivity contribution in [2.45, 2.75) is 25.8 Å². The molecule has 0 aliphatic carbocycles. The molecule has 0 fully saturated rings. The first-order valence-electron chi connectivity index (χ1n) is 6.43. The Morgan fingerprint density at radius 3 is 2.71 bits per heavy atom. The number of carbonyl (C=O) groups is 1. The number of nitro benzene ring substituents is 1. The Morgan fingerprint density at radius 1 is 1.57 bits per heavy atom. The maximum atomic E-state index is 11.5. The fourth-order valence-corrected chi connectivity index (χ4v) is 2.41. The van der Waals surface area contributed by atoms with Crippen molar-refractivity contribution in [1.82, 2.24) is 0 Å². The zero-order valence-electron chi connectivity index (χ0n) is 11.9. The first-order valence-corrected chi connectivity index (χ1v) is 7.55. The SMILES string of the molecule is CCCC(CBr)Nc1c(N)cc(C(=O)OC)cc1[N+](=O)[O-]. The van der Waals surface area contributed by atoms with E-state index < -0.39 is 10.9 Å². The molecule has 1 aromatic carbocycles. The van der Waals surface area contributed by atoms with Crippen molar-refractivity contribution in [2.75, 3.05) is 23.5 Å². The molecule has 21 heavy (non-hydrogen) atoms. The van der Waals surface area contributed by atoms with Crippen LogP contribution in [0.25, 0.3) is 0 Å². The van der Waals surface area contributed by atoms with E-state index in [1.165, 1.54) is 19.2 Å². The molecule has 0 aromatic heterocycles. The molecule has 0 spiro atoms. The number of nitrogens with zero attached hydrogens (tertiary/aromatic N) is 1. The lowest BCUT2D eigenvalue weighted by atomic mass is 10.1. The van der Waals surface area contributed by atoms with Crippen LogP contribution in [0, 0.1) is 10.1 Å². The number of nitro groups is 1. The van der Waals surface area contributed by atoms with Crippen LogP contribution in [0.15, 0.2) is 12.1 Å². The molecule has 0 amide bonds. The maximum Gasteiger partial charge on any atom is 0.338 e. The number of nitrogen functional groups attached to an aromatic ring is 1. The van der Waals surface area contributed by atoms with Gasteiger partial charge in [-0.15, -0.1) is 0 Å². The predicted molar refractivity (Wildman–Crippen MR) is 85.0 cm³/mol. The molecule has 0 heterocycles. The highest BCUT2D eigenvalue weighted by Crippen LogP contribution is 2.33. The molecular weight excluding hydrogens is 342 g/mol. The van der Waals surface area contributed by atoms with Crippen LogP contribution in [0.2, 0.25) is 0 Å². The average molecular weight is 360 g/mol. The number of hydrogen-bond acceptors (Lipinski definition) is 6. The number of esters is 1. The standard InChI is InChI=1S/C13H18BrN3O4/c1-3-4-9(7-14)16-12-10(15)5-8(13(18)21-2)6-11(12)17(19)20/h5-6,9,16H,3-4,7,15H2,1-2H3. The summed E-state index contributed by atoms with van der Waals surface area (Å²) < 4.78 is 4.56. The van der Waals surface area contributed by atoms with E-state index in [0.717, 1.165) is 12.8 Å². The highest BCUT2D eigenvalue weighted by atomic mass is 79.9. The molecule has 0 radical (unpaired) electrons. The third-order valence-electron chi connectivity index (χ3n) is 2.94. The molecule has 0 aliphatic heterocycles. The number of hydrogen-bond donors (Lipinski definition) is 2. The van der Waals surface area contributed by atoms with Gasteiger partial charge in [-0.05, 0) is 12.5 Å². The Balaban J connectivity index is 3.24. The molecule has 1 atom stereocenters. The maximum absolute atomic E-state index is 11.5. The lowest BCUT2D eigenvalue weighted by Crippen LogP contribution is -2.22. The van der Waals surface area contributed by atoms with E-state index in [0.29, 0.717) is 5.33 Å². The highest BCUT2D eigenvalue weighted by Gasteiger charge is 2.23. The second kappa shape index (κ2) is 7.82. The second-order valence-electron chi connectivity index (χ2n) is 4.49. The molecule has 0 saturated carbocycles. The molecule has 1 rings (SSSR count). The summed E-state index contributed by atoms with van der Waals surface area (Å²) >= 11 is 3.36. The predicted octanol–water partition coefficient (Wildman–Crippen LogP) is 2.94. The van der Waals surface area contributed by atoms with Gasteiger partial charge >= 0.3 is 5.97 Å². The molecule has 3 N–H and O–H groups in total. The molecule has 7 nitrogen and oxygen atoms in total. The number of halogens is 1. The lowest BCUT2D eigenvalue weighted by Gasteiger charge is -2.18. The number of alkyl halides is 1. The van der Waals surface area contributed by atoms with Crippen LogP contribution in [-0.2, 0) is 4.74 Å². The average Bonchev–Trinajstić information content (AvgIpc) is 2.46. The van der Waals surface area contributed by atoms with Crippen molar-refractivity contribution in [3.63, 3.8) is 0 Å². The van der Waals surface area contributed by atoms with E-state index in [1.54, 1.807) is 0 Å². The molecule has 1 aromatic rings. The quantitative estimate of drug-likeness (QED) is 0.255. The van der Waals surface area contributed by atoms with Crippen LogP contribution in [-0.4, -0.2) is 29.4 Å². The summed E-state index contributed by atoms with van der Waals surface area (Å²) in [6.45, 7) is 2.02. The van der Waals surface area contributed by atoms with Gasteiger partial charge in [-0.1, -0.05) is 29.3 Å². The van der Waals surface area contributed by atoms with Gasteiger partial charge in [-0.25, -0.2) is 4.79 Å². The Labute approximate surface area is 131 Å². The Bertz CT molecular complexity index is 536. The van der Waals surface area contributed by atoms with Crippen LogP contribution in [0.4, 0.5) is 17.1 Å². The number of nitrogens with one attached hydrogen (secondary N) is 1. The van der Waals surface area contributed by atoms with Crippen molar-refractivity contribution in [1.29, 1.82) is 0 Å². The molecule has 0 aliphatic rings. The van der Waals surface area contributed by atoms with Gasteiger partial charge in [-0.2, -0.15) is 0 Å². The van der Waals surface area contributed by atoms with E-state index in [4.69, 9.17) is 5.73 Å². The first-order chi connectivity index (χ1) is 9.94. The van der Waals surface area contributed by atoms with Gasteiger partial charge in [0.2, 0.25) is 0 Å². The highest BCUT2D eigenvalue weighted by molar-refractivity contribution is 9.09. The number of nitrogens with two attached hydrogens (primary N) is 1. The monoisotopic (exact) mass is 359 g/mol. The number of carbonyl (C=O) groups excluding carboxylic acids is 1. The summed E-state index contributed by atoms with van der Waals surface area (Å²) in [7, 11) is 1.21. The number of rotatable bonds is 7. The van der Waals surface area contributed by atoms with Gasteiger partial charge in [0, 0.05) is 17.4 Å². The Hall–Kier alpha value is -1.83. The van der Waals surface area contributed by atoms with Gasteiger partial charge in [-0.3, -0.25) is 10.1 Å². The van der Waals surface area contributed by atoms with Crippen LogP contribution in [0.5, 0.6) is 0 Å². The van der Waals surface area contributed by atoms with Crippen molar-refractivity contribution in [2.24, 2.45) is 0 Å². The van der Waals surface area contributed by atoms with Crippen LogP contribution >= 0.6 is 15.9 Å². The van der Waals surface area contributed by atoms with E-state index in [1.807, 2.05) is 6.92 Å². The van der Waals surface area contributed by atoms with Crippen molar-refractivity contribution < 1.29 is 14.5 Å². The van der Waals surface area contributed by atoms with E-state index in [-0.39, 0.29) is 28.7 Å². The van der Waals surface area contributed by atoms with Crippen LogP contribution in [0.1, 0.15) is 30.1 Å². The van der Waals surface area contributed by atoms with E-state index in [9.17, 15) is 14.9 Å². The van der Waals surface area contributed by atoms with Crippen LogP contribution < -0.4 is 11.1 Å². The molecule has 1 unspecified atom stereocenters. The molecular formula is C13H18BrN3O4. The fraction of sp³-hybridized carbons (Fsp3) is 0.462. The minimum atomic E-state index is -0.665. The van der Waals surface area contributed by atoms with E-state index in [2.05, 4.69) is 26.0 Å². The number of ether oxygens (including phenoxy) is 1. The minimum Gasteiger partial charge on any atom is -0.465 e. The lowest BCUT2D eigenvalue weighted by molar-refractivity contribution is -0.383. The smallest absolute Gasteiger partial charge is 0.338 e. The van der Waals surface area contributed by atoms with Gasteiger partial charge in [0.25, 0.3) is 5.69 Å². The third kappa shape index (κ3) is 4.32. The summed E-state index contributed by atoms with van der Waals surface area (Å²) in [6.07, 6.45) is 1.76. The summed E-state index contributed by atoms with van der Waals surface area (Å²) in [5.74, 6) is -0.665. The molecule has 0 bridgehead atoms. The fourth-order valence-electron chi connectivity index (χ4n) is 1.93. The van der Waals surface area contributed by atoms with Crippen molar-refractivity contribution >= 4 is 39.0 Å². The Kier molecular flexibility index (Phi) is 6.41. The van der Waals surface area contributed by atoms with Gasteiger partial charge in [0.05, 0.1) is 23.3 Å². The minimum absolute atomic E-state index is 0.0139. The summed E-state index contributed by atoms with van der Waals surface area (Å²) in [5.41, 5.74) is 6.05. The number of benzene rings is 1. The Morgan fingerprint density at radius 2 is 2.24 bits per heavy atom. The number of methoxy groups -OCH3 is 1. The van der Waals surface area contributed by atoms with Crippen molar-refractivity contribution in [3.8, 4) is 0 Å². The van der Waals surface area contributed by atoms with E-state index >= 15 is 0 Å². The zero-order chi connectivity index (χ0) is 16.0. The summed E-state index contributed by atoms with van der Waals surface area (Å²) in [4.78, 5) is 22.1. The summed E-state index contributed by atoms with van der Waals surface area (Å²) in [6, 6.07) is 2.56. The first kappa shape index (κ1) is 17.2. The van der Waals surface area contributed by atoms with Crippen LogP contribution in [0.3, 0.4) is 0 Å². The molecule has 8 heteroatoms. The van der Waals surface area contributed by atoms with Gasteiger partial charge < -0.3 is 15.8 Å². The largest absolute Gasteiger partial charge is 0.465 e. The zero-order valence-corrected chi connectivity index (χ0v) is 13.5. The van der Waals surface area contributed by atoms with Crippen molar-refractivity contribution in [3.05, 3.63) is 27.8 Å². The second-order valence-corrected chi connectivity index (χ2v) is 5.14. The normalized spacial score (nSPS) is 11.8.